The predicted molar refractivity (Wildman–Crippen MR) is 54.8 cm³/mol. The molecule has 2 aromatic rings. The third-order valence-corrected chi connectivity index (χ3v) is 2.61. The number of fused-ring (bicyclic) bond motifs is 1. The third kappa shape index (κ3) is 1.13. The van der Waals surface area contributed by atoms with Crippen molar-refractivity contribution in [3.63, 3.8) is 0 Å². The van der Waals surface area contributed by atoms with Crippen LogP contribution in [0.5, 0.6) is 0 Å². The standard InChI is InChI=1S/C11H12N2O/c1-7-4-11-12-8(2)9(3)13(11)5-10(7)6-14/h4-6H,1-3H3. The second-order valence-corrected chi connectivity index (χ2v) is 3.54. The molecule has 0 amide bonds. The van der Waals surface area contributed by atoms with Gasteiger partial charge in [-0.25, -0.2) is 4.98 Å². The monoisotopic (exact) mass is 188 g/mol. The number of rotatable bonds is 1. The normalized spacial score (nSPS) is 10.8. The van der Waals surface area contributed by atoms with Gasteiger partial charge in [0.05, 0.1) is 5.69 Å². The number of hydrogen-bond donors (Lipinski definition) is 0. The lowest BCUT2D eigenvalue weighted by Crippen LogP contribution is -1.94. The van der Waals surface area contributed by atoms with Crippen molar-refractivity contribution >= 4 is 11.9 Å². The highest BCUT2D eigenvalue weighted by Gasteiger charge is 2.06. The highest BCUT2D eigenvalue weighted by atomic mass is 16.1. The third-order valence-electron chi connectivity index (χ3n) is 2.61. The Labute approximate surface area is 82.4 Å². The molecule has 0 bridgehead atoms. The Hall–Kier alpha value is -1.64. The van der Waals surface area contributed by atoms with E-state index in [2.05, 4.69) is 4.98 Å². The van der Waals surface area contributed by atoms with Crippen LogP contribution in [-0.4, -0.2) is 15.7 Å². The zero-order chi connectivity index (χ0) is 10.3. The maximum absolute atomic E-state index is 10.8. The lowest BCUT2D eigenvalue weighted by molar-refractivity contribution is 0.112. The number of aldehydes is 1. The van der Waals surface area contributed by atoms with Crippen LogP contribution in [-0.2, 0) is 0 Å². The molecule has 0 aromatic carbocycles. The Morgan fingerprint density at radius 2 is 2.07 bits per heavy atom. The van der Waals surface area contributed by atoms with E-state index in [1.165, 1.54) is 0 Å². The largest absolute Gasteiger partial charge is 0.303 e. The predicted octanol–water partition coefficient (Wildman–Crippen LogP) is 2.07. The summed E-state index contributed by atoms with van der Waals surface area (Å²) in [4.78, 5) is 15.2. The van der Waals surface area contributed by atoms with Crippen LogP contribution in [0.25, 0.3) is 5.65 Å². The van der Waals surface area contributed by atoms with Crippen molar-refractivity contribution < 1.29 is 4.79 Å². The fraction of sp³-hybridized carbons (Fsp3) is 0.273. The van der Waals surface area contributed by atoms with Crippen LogP contribution in [0.2, 0.25) is 0 Å². The van der Waals surface area contributed by atoms with Gasteiger partial charge in [-0.15, -0.1) is 0 Å². The average molecular weight is 188 g/mol. The summed E-state index contributed by atoms with van der Waals surface area (Å²) in [6, 6.07) is 1.93. The van der Waals surface area contributed by atoms with Crippen molar-refractivity contribution in [3.8, 4) is 0 Å². The summed E-state index contributed by atoms with van der Waals surface area (Å²) < 4.78 is 1.95. The topological polar surface area (TPSA) is 34.4 Å². The minimum absolute atomic E-state index is 0.720. The van der Waals surface area contributed by atoms with Crippen molar-refractivity contribution in [1.82, 2.24) is 9.38 Å². The first-order valence-electron chi connectivity index (χ1n) is 4.54. The first kappa shape index (κ1) is 8.94. The van der Waals surface area contributed by atoms with Crippen molar-refractivity contribution in [1.29, 1.82) is 0 Å². The molecule has 0 atom stereocenters. The van der Waals surface area contributed by atoms with Gasteiger partial charge in [0.15, 0.2) is 6.29 Å². The minimum Gasteiger partial charge on any atom is -0.303 e. The molecule has 0 fully saturated rings. The molecule has 2 rings (SSSR count). The summed E-state index contributed by atoms with van der Waals surface area (Å²) in [6.07, 6.45) is 2.72. The summed E-state index contributed by atoms with van der Waals surface area (Å²) >= 11 is 0. The van der Waals surface area contributed by atoms with E-state index in [0.717, 1.165) is 34.4 Å². The van der Waals surface area contributed by atoms with E-state index in [4.69, 9.17) is 0 Å². The van der Waals surface area contributed by atoms with Crippen molar-refractivity contribution in [2.45, 2.75) is 20.8 Å². The van der Waals surface area contributed by atoms with Crippen molar-refractivity contribution in [3.05, 3.63) is 34.8 Å². The summed E-state index contributed by atoms with van der Waals surface area (Å²) in [5, 5.41) is 0. The molecule has 0 aliphatic heterocycles. The number of carbonyl (C=O) groups is 1. The maximum Gasteiger partial charge on any atom is 0.151 e. The summed E-state index contributed by atoms with van der Waals surface area (Å²) in [6.45, 7) is 5.89. The first-order valence-corrected chi connectivity index (χ1v) is 4.54. The number of aromatic nitrogens is 2. The Morgan fingerprint density at radius 1 is 1.36 bits per heavy atom. The van der Waals surface area contributed by atoms with Gasteiger partial charge >= 0.3 is 0 Å². The molecule has 3 heteroatoms. The van der Waals surface area contributed by atoms with Crippen LogP contribution in [0.4, 0.5) is 0 Å². The van der Waals surface area contributed by atoms with Crippen LogP contribution in [0, 0.1) is 20.8 Å². The molecule has 0 saturated carbocycles. The van der Waals surface area contributed by atoms with Crippen LogP contribution < -0.4 is 0 Å². The summed E-state index contributed by atoms with van der Waals surface area (Å²) in [5.74, 6) is 0. The molecule has 72 valence electrons. The number of nitrogens with zero attached hydrogens (tertiary/aromatic N) is 2. The fourth-order valence-corrected chi connectivity index (χ4v) is 1.56. The molecule has 0 spiro atoms. The molecule has 3 nitrogen and oxygen atoms in total. The van der Waals surface area contributed by atoms with E-state index in [0.29, 0.717) is 0 Å². The maximum atomic E-state index is 10.8. The number of carbonyl (C=O) groups excluding carboxylic acids is 1. The molecule has 14 heavy (non-hydrogen) atoms. The number of imidazole rings is 1. The smallest absolute Gasteiger partial charge is 0.151 e. The van der Waals surface area contributed by atoms with Gasteiger partial charge in [-0.05, 0) is 32.4 Å². The molecule has 0 aliphatic rings. The van der Waals surface area contributed by atoms with Crippen LogP contribution >= 0.6 is 0 Å². The Bertz CT molecular complexity index is 511. The van der Waals surface area contributed by atoms with Crippen LogP contribution in [0.3, 0.4) is 0 Å². The second-order valence-electron chi connectivity index (χ2n) is 3.54. The van der Waals surface area contributed by atoms with Crippen molar-refractivity contribution in [2.75, 3.05) is 0 Å². The summed E-state index contributed by atoms with van der Waals surface area (Å²) in [5.41, 5.74) is 4.69. The van der Waals surface area contributed by atoms with Crippen LogP contribution in [0.15, 0.2) is 12.3 Å². The van der Waals surface area contributed by atoms with Gasteiger partial charge in [0.2, 0.25) is 0 Å². The fourth-order valence-electron chi connectivity index (χ4n) is 1.56. The number of aryl methyl sites for hydroxylation is 3. The molecule has 0 unspecified atom stereocenters. The van der Waals surface area contributed by atoms with Gasteiger partial charge < -0.3 is 4.40 Å². The lowest BCUT2D eigenvalue weighted by atomic mass is 10.2. The van der Waals surface area contributed by atoms with E-state index in [1.807, 2.05) is 37.4 Å². The quantitative estimate of drug-likeness (QED) is 0.642. The van der Waals surface area contributed by atoms with E-state index < -0.39 is 0 Å². The molecule has 0 saturated heterocycles. The van der Waals surface area contributed by atoms with Crippen LogP contribution in [0.1, 0.15) is 27.3 Å². The summed E-state index contributed by atoms with van der Waals surface area (Å²) in [7, 11) is 0. The number of hydrogen-bond acceptors (Lipinski definition) is 2. The van der Waals surface area contributed by atoms with Gasteiger partial charge in [0.25, 0.3) is 0 Å². The Morgan fingerprint density at radius 3 is 2.71 bits per heavy atom. The highest BCUT2D eigenvalue weighted by molar-refractivity contribution is 5.77. The Balaban J connectivity index is 2.86. The van der Waals surface area contributed by atoms with Gasteiger partial charge in [-0.3, -0.25) is 4.79 Å². The van der Waals surface area contributed by atoms with Gasteiger partial charge in [0, 0.05) is 17.5 Å². The molecular weight excluding hydrogens is 176 g/mol. The zero-order valence-electron chi connectivity index (χ0n) is 8.53. The zero-order valence-corrected chi connectivity index (χ0v) is 8.53. The molecular formula is C11H12N2O. The first-order chi connectivity index (χ1) is 6.63. The number of pyridine rings is 1. The molecule has 0 aliphatic carbocycles. The molecule has 2 aromatic heterocycles. The van der Waals surface area contributed by atoms with E-state index >= 15 is 0 Å². The van der Waals surface area contributed by atoms with E-state index in [1.54, 1.807) is 0 Å². The second kappa shape index (κ2) is 2.94. The molecule has 0 N–H and O–H groups in total. The van der Waals surface area contributed by atoms with Gasteiger partial charge in [-0.2, -0.15) is 0 Å². The lowest BCUT2D eigenvalue weighted by Gasteiger charge is -2.01. The average Bonchev–Trinajstić information content (AvgIpc) is 2.41. The Kier molecular flexibility index (Phi) is 1.88. The molecule has 0 radical (unpaired) electrons. The van der Waals surface area contributed by atoms with E-state index in [-0.39, 0.29) is 0 Å². The minimum atomic E-state index is 0.720. The highest BCUT2D eigenvalue weighted by Crippen LogP contribution is 2.14. The van der Waals surface area contributed by atoms with Gasteiger partial charge in [-0.1, -0.05) is 0 Å². The van der Waals surface area contributed by atoms with Gasteiger partial charge in [0.1, 0.15) is 5.65 Å². The SMILES string of the molecule is Cc1cc2nc(C)c(C)n2cc1C=O. The molecule has 2 heterocycles. The van der Waals surface area contributed by atoms with Crippen molar-refractivity contribution in [2.24, 2.45) is 0 Å². The van der Waals surface area contributed by atoms with E-state index in [9.17, 15) is 4.79 Å².